The van der Waals surface area contributed by atoms with Crippen LogP contribution in [0.15, 0.2) is 93.9 Å². The zero-order valence-corrected chi connectivity index (χ0v) is 21.8. The molecule has 0 aliphatic carbocycles. The van der Waals surface area contributed by atoms with Gasteiger partial charge in [0.25, 0.3) is 0 Å². The van der Waals surface area contributed by atoms with Gasteiger partial charge in [-0.05, 0) is 66.8 Å². The Morgan fingerprint density at radius 2 is 1.53 bits per heavy atom. The average molecular weight is 499 g/mol. The second kappa shape index (κ2) is 11.4. The first-order valence-electron chi connectivity index (χ1n) is 12.0. The topological polar surface area (TPSA) is 60.7 Å². The summed E-state index contributed by atoms with van der Waals surface area (Å²) in [6, 6.07) is 23.8. The Balaban J connectivity index is 1.46. The summed E-state index contributed by atoms with van der Waals surface area (Å²) in [5.41, 5.74) is 4.14. The highest BCUT2D eigenvalue weighted by molar-refractivity contribution is 7.99. The molecule has 36 heavy (non-hydrogen) atoms. The molecule has 0 aliphatic rings. The molecule has 0 N–H and O–H groups in total. The standard InChI is InChI=1S/C30H30N2O3S/c1-20(2)9-18-28(31-35-21(3)33)22-10-14-24(15-11-22)36-25-16-12-23(13-17-25)30(34)27-19-32(4)29-8-6-5-7-26(27)29/h5-8,10-17,19-20H,9,18H2,1-4H3/b31-28+. The maximum atomic E-state index is 13.2. The van der Waals surface area contributed by atoms with Crippen molar-refractivity contribution in [2.45, 2.75) is 43.4 Å². The highest BCUT2D eigenvalue weighted by Gasteiger charge is 2.15. The van der Waals surface area contributed by atoms with Gasteiger partial charge < -0.3 is 9.40 Å². The van der Waals surface area contributed by atoms with E-state index in [1.807, 2.05) is 90.6 Å². The van der Waals surface area contributed by atoms with E-state index in [1.54, 1.807) is 11.8 Å². The SMILES string of the molecule is CC(=O)O/N=C(\CCC(C)C)c1ccc(Sc2ccc(C(=O)c3cn(C)c4ccccc34)cc2)cc1. The summed E-state index contributed by atoms with van der Waals surface area (Å²) in [5.74, 6) is 0.123. The van der Waals surface area contributed by atoms with Crippen molar-refractivity contribution in [3.63, 3.8) is 0 Å². The maximum absolute atomic E-state index is 13.2. The summed E-state index contributed by atoms with van der Waals surface area (Å²) >= 11 is 1.63. The Labute approximate surface area is 216 Å². The van der Waals surface area contributed by atoms with Crippen LogP contribution in [0.5, 0.6) is 0 Å². The summed E-state index contributed by atoms with van der Waals surface area (Å²) < 4.78 is 1.99. The van der Waals surface area contributed by atoms with Gasteiger partial charge in [0.2, 0.25) is 0 Å². The molecule has 0 saturated carbocycles. The van der Waals surface area contributed by atoms with Gasteiger partial charge in [0.1, 0.15) is 0 Å². The molecule has 0 bridgehead atoms. The van der Waals surface area contributed by atoms with Gasteiger partial charge in [-0.2, -0.15) is 0 Å². The first kappa shape index (κ1) is 25.5. The van der Waals surface area contributed by atoms with Crippen LogP contribution in [0.25, 0.3) is 10.9 Å². The first-order chi connectivity index (χ1) is 17.3. The van der Waals surface area contributed by atoms with Gasteiger partial charge in [-0.15, -0.1) is 0 Å². The number of hydrogen-bond donors (Lipinski definition) is 0. The third-order valence-corrected chi connectivity index (χ3v) is 6.94. The van der Waals surface area contributed by atoms with Gasteiger partial charge in [0.05, 0.1) is 5.71 Å². The number of carbonyl (C=O) groups excluding carboxylic acids is 2. The monoisotopic (exact) mass is 498 g/mol. The number of nitrogens with zero attached hydrogens (tertiary/aromatic N) is 2. The minimum Gasteiger partial charge on any atom is -0.350 e. The molecule has 0 fully saturated rings. The number of aryl methyl sites for hydroxylation is 1. The number of carbonyl (C=O) groups is 2. The fraction of sp³-hybridized carbons (Fsp3) is 0.233. The molecular formula is C30H30N2O3S. The van der Waals surface area contributed by atoms with Crippen molar-refractivity contribution in [3.05, 3.63) is 95.7 Å². The minimum atomic E-state index is -0.424. The van der Waals surface area contributed by atoms with E-state index in [1.165, 1.54) is 6.92 Å². The van der Waals surface area contributed by atoms with Crippen LogP contribution < -0.4 is 0 Å². The predicted octanol–water partition coefficient (Wildman–Crippen LogP) is 7.26. The largest absolute Gasteiger partial charge is 0.350 e. The molecule has 6 heteroatoms. The molecule has 0 aliphatic heterocycles. The molecule has 4 rings (SSSR count). The van der Waals surface area contributed by atoms with E-state index in [0.29, 0.717) is 17.0 Å². The van der Waals surface area contributed by atoms with Gasteiger partial charge >= 0.3 is 5.97 Å². The minimum absolute atomic E-state index is 0.0219. The fourth-order valence-corrected chi connectivity index (χ4v) is 4.81. The Hall–Kier alpha value is -3.64. The second-order valence-electron chi connectivity index (χ2n) is 9.20. The van der Waals surface area contributed by atoms with E-state index in [2.05, 4.69) is 19.0 Å². The molecule has 1 heterocycles. The van der Waals surface area contributed by atoms with E-state index in [-0.39, 0.29) is 5.78 Å². The molecule has 0 radical (unpaired) electrons. The molecule has 0 amide bonds. The van der Waals surface area contributed by atoms with Gasteiger partial charge in [-0.1, -0.05) is 61.1 Å². The van der Waals surface area contributed by atoms with E-state index < -0.39 is 5.97 Å². The summed E-state index contributed by atoms with van der Waals surface area (Å²) in [6.07, 6.45) is 3.60. The third-order valence-electron chi connectivity index (χ3n) is 5.92. The van der Waals surface area contributed by atoms with Crippen LogP contribution >= 0.6 is 11.8 Å². The van der Waals surface area contributed by atoms with E-state index in [9.17, 15) is 9.59 Å². The normalized spacial score (nSPS) is 11.8. The van der Waals surface area contributed by atoms with E-state index in [4.69, 9.17) is 4.84 Å². The number of oxime groups is 1. The molecular weight excluding hydrogens is 468 g/mol. The molecule has 5 nitrogen and oxygen atoms in total. The molecule has 0 spiro atoms. The summed E-state index contributed by atoms with van der Waals surface area (Å²) in [6.45, 7) is 5.67. The molecule has 0 unspecified atom stereocenters. The van der Waals surface area contributed by atoms with Crippen LogP contribution in [-0.2, 0) is 16.7 Å². The second-order valence-corrected chi connectivity index (χ2v) is 10.4. The van der Waals surface area contributed by atoms with Crippen molar-refractivity contribution in [3.8, 4) is 0 Å². The van der Waals surface area contributed by atoms with Gasteiger partial charge in [-0.25, -0.2) is 4.79 Å². The van der Waals surface area contributed by atoms with Crippen molar-refractivity contribution in [1.29, 1.82) is 0 Å². The lowest BCUT2D eigenvalue weighted by atomic mass is 10.0. The fourth-order valence-electron chi connectivity index (χ4n) is 3.99. The summed E-state index contributed by atoms with van der Waals surface area (Å²) in [4.78, 5) is 31.4. The number of benzene rings is 3. The lowest BCUT2D eigenvalue weighted by Crippen LogP contribution is -2.06. The smallest absolute Gasteiger partial charge is 0.331 e. The molecule has 0 atom stereocenters. The number of fused-ring (bicyclic) bond motifs is 1. The quantitative estimate of drug-likeness (QED) is 0.105. The number of ketones is 1. The number of aromatic nitrogens is 1. The van der Waals surface area contributed by atoms with Gasteiger partial charge in [0, 0.05) is 52.0 Å². The van der Waals surface area contributed by atoms with E-state index >= 15 is 0 Å². The first-order valence-corrected chi connectivity index (χ1v) is 12.8. The average Bonchev–Trinajstić information content (AvgIpc) is 3.21. The van der Waals surface area contributed by atoms with Gasteiger partial charge in [-0.3, -0.25) is 4.79 Å². The zero-order valence-electron chi connectivity index (χ0n) is 21.0. The van der Waals surface area contributed by atoms with Crippen molar-refractivity contribution < 1.29 is 14.4 Å². The van der Waals surface area contributed by atoms with Crippen molar-refractivity contribution in [1.82, 2.24) is 4.57 Å². The number of rotatable bonds is 9. The van der Waals surface area contributed by atoms with Crippen LogP contribution in [0.1, 0.15) is 55.1 Å². The highest BCUT2D eigenvalue weighted by atomic mass is 32.2. The lowest BCUT2D eigenvalue weighted by Gasteiger charge is -2.09. The molecule has 4 aromatic rings. The molecule has 184 valence electrons. The van der Waals surface area contributed by atoms with Crippen molar-refractivity contribution in [2.75, 3.05) is 0 Å². The Morgan fingerprint density at radius 3 is 2.14 bits per heavy atom. The van der Waals surface area contributed by atoms with Crippen molar-refractivity contribution in [2.24, 2.45) is 18.1 Å². The van der Waals surface area contributed by atoms with Gasteiger partial charge in [0.15, 0.2) is 5.78 Å². The van der Waals surface area contributed by atoms with Crippen LogP contribution in [0.2, 0.25) is 0 Å². The van der Waals surface area contributed by atoms with Crippen LogP contribution in [-0.4, -0.2) is 22.0 Å². The highest BCUT2D eigenvalue weighted by Crippen LogP contribution is 2.29. The van der Waals surface area contributed by atoms with Crippen LogP contribution in [0.3, 0.4) is 0 Å². The third kappa shape index (κ3) is 6.13. The van der Waals surface area contributed by atoms with Crippen LogP contribution in [0.4, 0.5) is 0 Å². The number of para-hydroxylation sites is 1. The molecule has 1 aromatic heterocycles. The van der Waals surface area contributed by atoms with Crippen molar-refractivity contribution >= 4 is 40.1 Å². The lowest BCUT2D eigenvalue weighted by molar-refractivity contribution is -0.140. The molecule has 0 saturated heterocycles. The van der Waals surface area contributed by atoms with E-state index in [0.717, 1.165) is 44.8 Å². The molecule has 3 aromatic carbocycles. The Morgan fingerprint density at radius 1 is 0.917 bits per heavy atom. The maximum Gasteiger partial charge on any atom is 0.331 e. The Kier molecular flexibility index (Phi) is 8.06. The summed E-state index contributed by atoms with van der Waals surface area (Å²) in [7, 11) is 1.96. The Bertz CT molecular complexity index is 1400. The summed E-state index contributed by atoms with van der Waals surface area (Å²) in [5, 5.41) is 5.04. The van der Waals surface area contributed by atoms with Crippen LogP contribution in [0, 0.1) is 5.92 Å². The number of hydrogen-bond acceptors (Lipinski definition) is 5. The zero-order chi connectivity index (χ0) is 25.7. The predicted molar refractivity (Wildman–Crippen MR) is 146 cm³/mol.